The van der Waals surface area contributed by atoms with Crippen molar-refractivity contribution in [2.24, 2.45) is 0 Å². The van der Waals surface area contributed by atoms with E-state index in [2.05, 4.69) is 54.5 Å². The Morgan fingerprint density at radius 1 is 1.09 bits per heavy atom. The molecule has 1 N–H and O–H groups in total. The molecule has 0 bridgehead atoms. The monoisotopic (exact) mass is 291 g/mol. The third kappa shape index (κ3) is 3.08. The van der Waals surface area contributed by atoms with Crippen LogP contribution in [0, 0.1) is 6.92 Å². The van der Waals surface area contributed by atoms with Crippen molar-refractivity contribution in [1.29, 1.82) is 0 Å². The summed E-state index contributed by atoms with van der Waals surface area (Å²) in [5.41, 5.74) is 5.62. The summed E-state index contributed by atoms with van der Waals surface area (Å²) < 4.78 is 0. The highest BCUT2D eigenvalue weighted by Gasteiger charge is 2.06. The molecule has 0 saturated heterocycles. The van der Waals surface area contributed by atoms with E-state index in [9.17, 15) is 0 Å². The third-order valence-electron chi connectivity index (χ3n) is 3.84. The van der Waals surface area contributed by atoms with Gasteiger partial charge in [-0.3, -0.25) is 9.97 Å². The van der Waals surface area contributed by atoms with Crippen molar-refractivity contribution >= 4 is 16.6 Å². The van der Waals surface area contributed by atoms with Gasteiger partial charge in [0.05, 0.1) is 17.8 Å². The van der Waals surface area contributed by atoms with Gasteiger partial charge in [-0.25, -0.2) is 0 Å². The Morgan fingerprint density at radius 3 is 2.77 bits per heavy atom. The predicted molar refractivity (Wildman–Crippen MR) is 92.0 cm³/mol. The first-order valence-corrected chi connectivity index (χ1v) is 7.81. The van der Waals surface area contributed by atoms with E-state index in [0.717, 1.165) is 47.4 Å². The van der Waals surface area contributed by atoms with Gasteiger partial charge in [0, 0.05) is 23.0 Å². The lowest BCUT2D eigenvalue weighted by Crippen LogP contribution is -2.05. The zero-order valence-corrected chi connectivity index (χ0v) is 13.1. The summed E-state index contributed by atoms with van der Waals surface area (Å²) in [4.78, 5) is 9.20. The van der Waals surface area contributed by atoms with E-state index in [4.69, 9.17) is 4.98 Å². The molecule has 0 aliphatic rings. The Labute approximate surface area is 131 Å². The fraction of sp³-hybridized carbons (Fsp3) is 0.263. The highest BCUT2D eigenvalue weighted by atomic mass is 14.9. The van der Waals surface area contributed by atoms with Gasteiger partial charge in [-0.05, 0) is 37.1 Å². The minimum Gasteiger partial charge on any atom is -0.379 e. The van der Waals surface area contributed by atoms with E-state index in [1.165, 1.54) is 5.56 Å². The van der Waals surface area contributed by atoms with Crippen LogP contribution in [0.5, 0.6) is 0 Å². The van der Waals surface area contributed by atoms with Gasteiger partial charge in [0.2, 0.25) is 0 Å². The molecule has 3 heteroatoms. The molecule has 22 heavy (non-hydrogen) atoms. The molecular weight excluding hydrogens is 270 g/mol. The average Bonchev–Trinajstić information content (AvgIpc) is 2.54. The van der Waals surface area contributed by atoms with Crippen molar-refractivity contribution in [3.63, 3.8) is 0 Å². The number of nitrogens with zero attached hydrogens (tertiary/aromatic N) is 2. The highest BCUT2D eigenvalue weighted by molar-refractivity contribution is 5.91. The number of nitrogens with one attached hydrogen (secondary N) is 1. The summed E-state index contributed by atoms with van der Waals surface area (Å²) in [6, 6.07) is 14.5. The maximum atomic E-state index is 4.74. The van der Waals surface area contributed by atoms with E-state index in [1.54, 1.807) is 0 Å². The van der Waals surface area contributed by atoms with Crippen LogP contribution in [-0.2, 0) is 13.0 Å². The number of hydrogen-bond donors (Lipinski definition) is 1. The van der Waals surface area contributed by atoms with Crippen molar-refractivity contribution in [2.45, 2.75) is 33.2 Å². The Kier molecular flexibility index (Phi) is 4.33. The van der Waals surface area contributed by atoms with E-state index < -0.39 is 0 Å². The molecule has 0 spiro atoms. The Bertz CT molecular complexity index is 780. The van der Waals surface area contributed by atoms with Crippen LogP contribution in [0.25, 0.3) is 10.9 Å². The first-order chi connectivity index (χ1) is 10.8. The van der Waals surface area contributed by atoms with Crippen LogP contribution in [0.3, 0.4) is 0 Å². The lowest BCUT2D eigenvalue weighted by molar-refractivity contribution is 0.889. The summed E-state index contributed by atoms with van der Waals surface area (Å²) in [6.45, 7) is 5.00. The molecule has 2 aromatic heterocycles. The molecule has 2 heterocycles. The minimum absolute atomic E-state index is 0.728. The molecule has 1 aromatic carbocycles. The minimum atomic E-state index is 0.728. The lowest BCUT2D eigenvalue weighted by Gasteiger charge is -2.12. The average molecular weight is 291 g/mol. The van der Waals surface area contributed by atoms with Crippen LogP contribution in [0.2, 0.25) is 0 Å². The molecule has 0 saturated carbocycles. The predicted octanol–water partition coefficient (Wildman–Crippen LogP) is 4.50. The second-order valence-corrected chi connectivity index (χ2v) is 5.55. The highest BCUT2D eigenvalue weighted by Crippen LogP contribution is 2.24. The number of benzene rings is 1. The van der Waals surface area contributed by atoms with E-state index in [0.29, 0.717) is 0 Å². The van der Waals surface area contributed by atoms with Crippen LogP contribution in [0.15, 0.2) is 48.7 Å². The zero-order chi connectivity index (χ0) is 15.4. The van der Waals surface area contributed by atoms with Crippen LogP contribution >= 0.6 is 0 Å². The Balaban J connectivity index is 1.93. The fourth-order valence-corrected chi connectivity index (χ4v) is 2.64. The molecular formula is C19H21N3. The number of anilines is 1. The van der Waals surface area contributed by atoms with Crippen LogP contribution in [-0.4, -0.2) is 9.97 Å². The van der Waals surface area contributed by atoms with Crippen molar-refractivity contribution in [3.05, 3.63) is 65.6 Å². The largest absolute Gasteiger partial charge is 0.379 e. The smallest absolute Gasteiger partial charge is 0.0726 e. The number of aryl methyl sites for hydroxylation is 2. The second-order valence-electron chi connectivity index (χ2n) is 5.55. The van der Waals surface area contributed by atoms with Crippen LogP contribution in [0.4, 0.5) is 5.69 Å². The van der Waals surface area contributed by atoms with Gasteiger partial charge in [-0.2, -0.15) is 0 Å². The van der Waals surface area contributed by atoms with Crippen molar-refractivity contribution in [3.8, 4) is 0 Å². The van der Waals surface area contributed by atoms with Gasteiger partial charge in [0.15, 0.2) is 0 Å². The molecule has 0 atom stereocenters. The molecule has 3 aromatic rings. The van der Waals surface area contributed by atoms with E-state index >= 15 is 0 Å². The number of hydrogen-bond acceptors (Lipinski definition) is 3. The summed E-state index contributed by atoms with van der Waals surface area (Å²) in [6.07, 6.45) is 3.95. The first-order valence-electron chi connectivity index (χ1n) is 7.81. The number of fused-ring (bicyclic) bond motifs is 1. The summed E-state index contributed by atoms with van der Waals surface area (Å²) in [5, 5.41) is 4.70. The van der Waals surface area contributed by atoms with E-state index in [-0.39, 0.29) is 0 Å². The number of rotatable bonds is 5. The second kappa shape index (κ2) is 6.56. The molecule has 0 unspecified atom stereocenters. The van der Waals surface area contributed by atoms with Gasteiger partial charge in [0.1, 0.15) is 0 Å². The molecule has 0 aliphatic heterocycles. The number of para-hydroxylation sites is 1. The van der Waals surface area contributed by atoms with Crippen molar-refractivity contribution < 1.29 is 0 Å². The summed E-state index contributed by atoms with van der Waals surface area (Å²) in [5.74, 6) is 0. The molecule has 0 radical (unpaired) electrons. The molecule has 0 aliphatic carbocycles. The number of aromatic nitrogens is 2. The summed E-state index contributed by atoms with van der Waals surface area (Å²) in [7, 11) is 0. The van der Waals surface area contributed by atoms with Gasteiger partial charge in [-0.15, -0.1) is 0 Å². The maximum absolute atomic E-state index is 4.74. The van der Waals surface area contributed by atoms with Gasteiger partial charge >= 0.3 is 0 Å². The van der Waals surface area contributed by atoms with Gasteiger partial charge in [-0.1, -0.05) is 37.6 Å². The Hall–Kier alpha value is -2.42. The SMILES string of the molecule is CCCc1cc(NCc2ncccc2C)c2ccccc2n1. The van der Waals surface area contributed by atoms with Gasteiger partial charge < -0.3 is 5.32 Å². The topological polar surface area (TPSA) is 37.8 Å². The third-order valence-corrected chi connectivity index (χ3v) is 3.84. The van der Waals surface area contributed by atoms with Crippen molar-refractivity contribution in [2.75, 3.05) is 5.32 Å². The zero-order valence-electron chi connectivity index (χ0n) is 13.1. The van der Waals surface area contributed by atoms with Crippen molar-refractivity contribution in [1.82, 2.24) is 9.97 Å². The van der Waals surface area contributed by atoms with E-state index in [1.807, 2.05) is 18.3 Å². The van der Waals surface area contributed by atoms with Gasteiger partial charge in [0.25, 0.3) is 0 Å². The lowest BCUT2D eigenvalue weighted by atomic mass is 10.1. The molecule has 3 nitrogen and oxygen atoms in total. The molecule has 112 valence electrons. The standard InChI is InChI=1S/C19H21N3/c1-3-7-15-12-18(16-9-4-5-10-17(16)22-15)21-13-19-14(2)8-6-11-20-19/h4-6,8-12H,3,7,13H2,1-2H3,(H,21,22). The fourth-order valence-electron chi connectivity index (χ4n) is 2.64. The summed E-state index contributed by atoms with van der Waals surface area (Å²) >= 11 is 0. The van der Waals surface area contributed by atoms with Crippen LogP contribution in [0.1, 0.15) is 30.3 Å². The number of pyridine rings is 2. The molecule has 0 amide bonds. The van der Waals surface area contributed by atoms with Crippen LogP contribution < -0.4 is 5.32 Å². The molecule has 3 rings (SSSR count). The maximum Gasteiger partial charge on any atom is 0.0726 e. The normalized spacial score (nSPS) is 10.8. The Morgan fingerprint density at radius 2 is 1.95 bits per heavy atom. The quantitative estimate of drug-likeness (QED) is 0.752. The molecule has 0 fully saturated rings. The first kappa shape index (κ1) is 14.5.